The molecule has 1 N–H and O–H groups in total. The Bertz CT molecular complexity index is 603. The zero-order chi connectivity index (χ0) is 13.9. The van der Waals surface area contributed by atoms with Crippen LogP contribution < -0.4 is 0 Å². The van der Waals surface area contributed by atoms with Gasteiger partial charge in [0.1, 0.15) is 5.69 Å². The van der Waals surface area contributed by atoms with Gasteiger partial charge in [0.15, 0.2) is 0 Å². The summed E-state index contributed by atoms with van der Waals surface area (Å²) in [5, 5.41) is 6.68. The van der Waals surface area contributed by atoms with Gasteiger partial charge in [0.25, 0.3) is 0 Å². The second-order valence-corrected chi connectivity index (χ2v) is 4.78. The normalized spacial score (nSPS) is 15.1. The first kappa shape index (κ1) is 12.9. The summed E-state index contributed by atoms with van der Waals surface area (Å²) in [6.07, 6.45) is 5.43. The molecule has 7 heteroatoms. The van der Waals surface area contributed by atoms with Crippen LogP contribution in [0.2, 0.25) is 0 Å². The molecule has 0 unspecified atom stereocenters. The highest BCUT2D eigenvalue weighted by Gasteiger charge is 2.20. The number of H-pyrrole nitrogens is 1. The fourth-order valence-corrected chi connectivity index (χ4v) is 2.43. The first-order valence-corrected chi connectivity index (χ1v) is 6.68. The van der Waals surface area contributed by atoms with Crippen LogP contribution in [0.15, 0.2) is 18.7 Å². The van der Waals surface area contributed by atoms with Crippen molar-refractivity contribution in [1.29, 1.82) is 0 Å². The predicted molar refractivity (Wildman–Crippen MR) is 70.9 cm³/mol. The van der Waals surface area contributed by atoms with Crippen LogP contribution in [0.4, 0.5) is 0 Å². The van der Waals surface area contributed by atoms with Crippen molar-refractivity contribution in [3.05, 3.63) is 35.7 Å². The molecule has 0 aliphatic carbocycles. The van der Waals surface area contributed by atoms with Gasteiger partial charge < -0.3 is 9.30 Å². The number of carbonyl (C=O) groups is 1. The van der Waals surface area contributed by atoms with E-state index in [1.807, 2.05) is 12.5 Å². The summed E-state index contributed by atoms with van der Waals surface area (Å²) >= 11 is 0. The molecular weight excluding hydrogens is 258 g/mol. The molecular formula is C13H17N5O2. The lowest BCUT2D eigenvalue weighted by molar-refractivity contribution is 0.0516. The van der Waals surface area contributed by atoms with E-state index in [0.29, 0.717) is 18.8 Å². The van der Waals surface area contributed by atoms with E-state index >= 15 is 0 Å². The topological polar surface area (TPSA) is 76.0 Å². The van der Waals surface area contributed by atoms with Crippen LogP contribution >= 0.6 is 0 Å². The monoisotopic (exact) mass is 275 g/mol. The highest BCUT2D eigenvalue weighted by atomic mass is 16.5. The van der Waals surface area contributed by atoms with Gasteiger partial charge in [0.2, 0.25) is 0 Å². The standard InChI is InChI=1S/C13H17N5O2/c1-2-20-13(19)12-10(5-15-16-12)7-17-3-4-18-9-14-6-11(18)8-17/h5-6,9H,2-4,7-8H2,1H3,(H,15,16). The van der Waals surface area contributed by atoms with Gasteiger partial charge in [0, 0.05) is 37.9 Å². The zero-order valence-electron chi connectivity index (χ0n) is 11.4. The van der Waals surface area contributed by atoms with Crippen molar-refractivity contribution in [3.63, 3.8) is 0 Å². The van der Waals surface area contributed by atoms with E-state index in [1.165, 1.54) is 5.69 Å². The largest absolute Gasteiger partial charge is 0.461 e. The number of esters is 1. The number of fused-ring (bicyclic) bond motifs is 1. The second-order valence-electron chi connectivity index (χ2n) is 4.78. The Morgan fingerprint density at radius 1 is 1.45 bits per heavy atom. The van der Waals surface area contributed by atoms with Crippen LogP contribution in [0.5, 0.6) is 0 Å². The molecule has 1 aliphatic rings. The Kier molecular flexibility index (Phi) is 3.51. The van der Waals surface area contributed by atoms with E-state index in [-0.39, 0.29) is 5.97 Å². The summed E-state index contributed by atoms with van der Waals surface area (Å²) in [7, 11) is 0. The summed E-state index contributed by atoms with van der Waals surface area (Å²) in [6, 6.07) is 0. The number of imidazole rings is 1. The number of carbonyl (C=O) groups excluding carboxylic acids is 1. The number of hydrogen-bond donors (Lipinski definition) is 1. The van der Waals surface area contributed by atoms with Crippen LogP contribution in [0.1, 0.15) is 28.7 Å². The summed E-state index contributed by atoms with van der Waals surface area (Å²) in [6.45, 7) is 5.50. The number of hydrogen-bond acceptors (Lipinski definition) is 5. The molecule has 3 rings (SSSR count). The van der Waals surface area contributed by atoms with E-state index in [0.717, 1.165) is 25.2 Å². The van der Waals surface area contributed by atoms with Gasteiger partial charge in [-0.2, -0.15) is 5.10 Å². The maximum Gasteiger partial charge on any atom is 0.356 e. The maximum atomic E-state index is 11.8. The molecule has 2 aromatic heterocycles. The van der Waals surface area contributed by atoms with Crippen molar-refractivity contribution in [2.45, 2.75) is 26.6 Å². The molecule has 0 atom stereocenters. The summed E-state index contributed by atoms with van der Waals surface area (Å²) < 4.78 is 7.17. The lowest BCUT2D eigenvalue weighted by atomic mass is 10.2. The number of rotatable bonds is 4. The minimum absolute atomic E-state index is 0.345. The minimum Gasteiger partial charge on any atom is -0.461 e. The van der Waals surface area contributed by atoms with Gasteiger partial charge in [0.05, 0.1) is 24.8 Å². The van der Waals surface area contributed by atoms with E-state index in [9.17, 15) is 4.79 Å². The fraction of sp³-hybridized carbons (Fsp3) is 0.462. The van der Waals surface area contributed by atoms with Crippen molar-refractivity contribution in [2.24, 2.45) is 0 Å². The summed E-state index contributed by atoms with van der Waals surface area (Å²) in [4.78, 5) is 18.2. The molecule has 1 aliphatic heterocycles. The van der Waals surface area contributed by atoms with E-state index in [2.05, 4.69) is 24.6 Å². The van der Waals surface area contributed by atoms with Crippen molar-refractivity contribution in [3.8, 4) is 0 Å². The van der Waals surface area contributed by atoms with Gasteiger partial charge in [-0.3, -0.25) is 10.00 Å². The molecule has 106 valence electrons. The quantitative estimate of drug-likeness (QED) is 0.835. The fourth-order valence-electron chi connectivity index (χ4n) is 2.43. The SMILES string of the molecule is CCOC(=O)c1[nH]ncc1CN1CCn2cncc2C1. The third kappa shape index (κ3) is 2.44. The van der Waals surface area contributed by atoms with Gasteiger partial charge in [-0.05, 0) is 6.92 Å². The Hall–Kier alpha value is -2.15. The lowest BCUT2D eigenvalue weighted by Gasteiger charge is -2.27. The second kappa shape index (κ2) is 5.46. The molecule has 3 heterocycles. The summed E-state index contributed by atoms with van der Waals surface area (Å²) in [5.74, 6) is -0.345. The Morgan fingerprint density at radius 2 is 2.35 bits per heavy atom. The zero-order valence-corrected chi connectivity index (χ0v) is 11.4. The van der Waals surface area contributed by atoms with Gasteiger partial charge in [-0.15, -0.1) is 0 Å². The highest BCUT2D eigenvalue weighted by molar-refractivity contribution is 5.88. The molecule has 7 nitrogen and oxygen atoms in total. The molecule has 0 bridgehead atoms. The number of nitrogens with zero attached hydrogens (tertiary/aromatic N) is 4. The average Bonchev–Trinajstić information content (AvgIpc) is 3.07. The van der Waals surface area contributed by atoms with Gasteiger partial charge in [-0.1, -0.05) is 0 Å². The smallest absolute Gasteiger partial charge is 0.356 e. The van der Waals surface area contributed by atoms with Crippen LogP contribution in [-0.4, -0.2) is 43.8 Å². The van der Waals surface area contributed by atoms with Gasteiger partial charge >= 0.3 is 5.97 Å². The van der Waals surface area contributed by atoms with Crippen molar-refractivity contribution in [1.82, 2.24) is 24.6 Å². The van der Waals surface area contributed by atoms with Crippen molar-refractivity contribution < 1.29 is 9.53 Å². The van der Waals surface area contributed by atoms with Gasteiger partial charge in [-0.25, -0.2) is 9.78 Å². The highest BCUT2D eigenvalue weighted by Crippen LogP contribution is 2.16. The van der Waals surface area contributed by atoms with Crippen molar-refractivity contribution in [2.75, 3.05) is 13.2 Å². The Morgan fingerprint density at radius 3 is 3.20 bits per heavy atom. The van der Waals surface area contributed by atoms with Crippen LogP contribution in [0.25, 0.3) is 0 Å². The van der Waals surface area contributed by atoms with E-state index < -0.39 is 0 Å². The summed E-state index contributed by atoms with van der Waals surface area (Å²) in [5.41, 5.74) is 2.51. The molecule has 20 heavy (non-hydrogen) atoms. The predicted octanol–water partition coefficient (Wildman–Crippen LogP) is 0.799. The minimum atomic E-state index is -0.345. The number of aromatic nitrogens is 4. The molecule has 0 saturated carbocycles. The third-order valence-electron chi connectivity index (χ3n) is 3.43. The molecule has 0 amide bonds. The Balaban J connectivity index is 1.70. The first-order valence-electron chi connectivity index (χ1n) is 6.68. The van der Waals surface area contributed by atoms with Crippen molar-refractivity contribution >= 4 is 5.97 Å². The molecule has 0 spiro atoms. The Labute approximate surface area is 116 Å². The molecule has 2 aromatic rings. The first-order chi connectivity index (χ1) is 9.78. The number of aromatic amines is 1. The average molecular weight is 275 g/mol. The molecule has 0 saturated heterocycles. The van der Waals surface area contributed by atoms with Crippen LogP contribution in [0, 0.1) is 0 Å². The molecule has 0 radical (unpaired) electrons. The number of ether oxygens (including phenoxy) is 1. The number of nitrogens with one attached hydrogen (secondary N) is 1. The van der Waals surface area contributed by atoms with E-state index in [1.54, 1.807) is 13.1 Å². The van der Waals surface area contributed by atoms with Crippen LogP contribution in [0.3, 0.4) is 0 Å². The van der Waals surface area contributed by atoms with Crippen LogP contribution in [-0.2, 0) is 24.4 Å². The third-order valence-corrected chi connectivity index (χ3v) is 3.43. The molecule has 0 aromatic carbocycles. The van der Waals surface area contributed by atoms with E-state index in [4.69, 9.17) is 4.74 Å². The maximum absolute atomic E-state index is 11.8. The lowest BCUT2D eigenvalue weighted by Crippen LogP contribution is -2.33. The molecule has 0 fully saturated rings.